The molecule has 1 aliphatic rings. The van der Waals surface area contributed by atoms with Gasteiger partial charge in [0.2, 0.25) is 0 Å². The Morgan fingerprint density at radius 1 is 1.33 bits per heavy atom. The lowest BCUT2D eigenvalue weighted by atomic mass is 9.86. The molecule has 0 bridgehead atoms. The predicted octanol–water partition coefficient (Wildman–Crippen LogP) is 2.76. The van der Waals surface area contributed by atoms with E-state index in [1.807, 2.05) is 24.3 Å². The van der Waals surface area contributed by atoms with Crippen molar-refractivity contribution in [1.29, 1.82) is 0 Å². The van der Waals surface area contributed by atoms with Crippen LogP contribution in [0.1, 0.15) is 31.7 Å². The van der Waals surface area contributed by atoms with Crippen LogP contribution in [0.4, 0.5) is 0 Å². The first-order valence-electron chi connectivity index (χ1n) is 6.61. The molecular weight excluding hydrogens is 228 g/mol. The van der Waals surface area contributed by atoms with Crippen LogP contribution in [-0.4, -0.2) is 24.4 Å². The van der Waals surface area contributed by atoms with Crippen LogP contribution >= 0.6 is 0 Å². The molecule has 3 unspecified atom stereocenters. The minimum absolute atomic E-state index is 0.0773. The van der Waals surface area contributed by atoms with Gasteiger partial charge in [0.1, 0.15) is 11.9 Å². The van der Waals surface area contributed by atoms with Crippen LogP contribution in [0.5, 0.6) is 5.75 Å². The zero-order valence-electron chi connectivity index (χ0n) is 11.1. The summed E-state index contributed by atoms with van der Waals surface area (Å²) in [7, 11) is 1.68. The fourth-order valence-corrected chi connectivity index (χ4v) is 2.49. The van der Waals surface area contributed by atoms with Gasteiger partial charge >= 0.3 is 0 Å². The molecule has 3 nitrogen and oxygen atoms in total. The summed E-state index contributed by atoms with van der Waals surface area (Å²) < 4.78 is 11.0. The van der Waals surface area contributed by atoms with Crippen molar-refractivity contribution >= 4 is 0 Å². The predicted molar refractivity (Wildman–Crippen MR) is 70.6 cm³/mol. The van der Waals surface area contributed by atoms with E-state index >= 15 is 0 Å². The summed E-state index contributed by atoms with van der Waals surface area (Å²) in [4.78, 5) is 0. The molecule has 1 aliphatic carbocycles. The van der Waals surface area contributed by atoms with Gasteiger partial charge in [-0.2, -0.15) is 0 Å². The first kappa shape index (κ1) is 13.4. The number of hydrogen-bond donors (Lipinski definition) is 1. The van der Waals surface area contributed by atoms with Gasteiger partial charge in [-0.05, 0) is 42.9 Å². The molecule has 0 saturated heterocycles. The molecule has 1 aromatic carbocycles. The Morgan fingerprint density at radius 2 is 2.17 bits per heavy atom. The van der Waals surface area contributed by atoms with Crippen LogP contribution in [0.25, 0.3) is 0 Å². The second-order valence-corrected chi connectivity index (χ2v) is 5.22. The number of rotatable bonds is 4. The van der Waals surface area contributed by atoms with E-state index in [1.54, 1.807) is 7.11 Å². The van der Waals surface area contributed by atoms with Gasteiger partial charge in [-0.1, -0.05) is 19.1 Å². The standard InChI is InChI=1S/C15H22O3/c1-11-6-7-14(16)15(8-11)18-13-5-3-4-12(9-13)10-17-2/h3-5,9,11,14-16H,6-8,10H2,1-2H3. The molecule has 0 radical (unpaired) electrons. The monoisotopic (exact) mass is 250 g/mol. The summed E-state index contributed by atoms with van der Waals surface area (Å²) in [6.45, 7) is 2.80. The summed E-state index contributed by atoms with van der Waals surface area (Å²) in [6.07, 6.45) is 2.43. The number of aliphatic hydroxyl groups excluding tert-OH is 1. The van der Waals surface area contributed by atoms with Crippen molar-refractivity contribution < 1.29 is 14.6 Å². The van der Waals surface area contributed by atoms with Gasteiger partial charge in [0, 0.05) is 7.11 Å². The van der Waals surface area contributed by atoms with Gasteiger partial charge in [0.25, 0.3) is 0 Å². The molecule has 1 aromatic rings. The van der Waals surface area contributed by atoms with E-state index in [0.29, 0.717) is 12.5 Å². The molecule has 18 heavy (non-hydrogen) atoms. The zero-order chi connectivity index (χ0) is 13.0. The minimum atomic E-state index is -0.340. The smallest absolute Gasteiger partial charge is 0.125 e. The number of methoxy groups -OCH3 is 1. The average Bonchev–Trinajstić information content (AvgIpc) is 2.35. The van der Waals surface area contributed by atoms with Gasteiger partial charge in [-0.3, -0.25) is 0 Å². The van der Waals surface area contributed by atoms with E-state index in [4.69, 9.17) is 9.47 Å². The van der Waals surface area contributed by atoms with Crippen LogP contribution in [0.15, 0.2) is 24.3 Å². The Bertz CT molecular complexity index is 378. The van der Waals surface area contributed by atoms with Crippen LogP contribution in [0.3, 0.4) is 0 Å². The SMILES string of the molecule is COCc1cccc(OC2CC(C)CCC2O)c1. The molecule has 0 aliphatic heterocycles. The van der Waals surface area contributed by atoms with E-state index in [0.717, 1.165) is 30.6 Å². The van der Waals surface area contributed by atoms with Crippen molar-refractivity contribution in [1.82, 2.24) is 0 Å². The molecule has 1 fully saturated rings. The summed E-state index contributed by atoms with van der Waals surface area (Å²) in [5.74, 6) is 1.45. The minimum Gasteiger partial charge on any atom is -0.488 e. The zero-order valence-corrected chi connectivity index (χ0v) is 11.1. The van der Waals surface area contributed by atoms with Crippen molar-refractivity contribution in [2.75, 3.05) is 7.11 Å². The Kier molecular flexibility index (Phi) is 4.61. The van der Waals surface area contributed by atoms with Gasteiger partial charge in [-0.25, -0.2) is 0 Å². The highest BCUT2D eigenvalue weighted by Crippen LogP contribution is 2.28. The fourth-order valence-electron chi connectivity index (χ4n) is 2.49. The molecule has 0 aromatic heterocycles. The highest BCUT2D eigenvalue weighted by Gasteiger charge is 2.28. The molecule has 0 heterocycles. The van der Waals surface area contributed by atoms with Crippen molar-refractivity contribution in [3.63, 3.8) is 0 Å². The maximum atomic E-state index is 9.97. The Hall–Kier alpha value is -1.06. The second-order valence-electron chi connectivity index (χ2n) is 5.22. The maximum Gasteiger partial charge on any atom is 0.125 e. The van der Waals surface area contributed by atoms with E-state index < -0.39 is 0 Å². The lowest BCUT2D eigenvalue weighted by Gasteiger charge is -2.32. The molecule has 2 rings (SSSR count). The van der Waals surface area contributed by atoms with Gasteiger partial charge in [0.05, 0.1) is 12.7 Å². The Morgan fingerprint density at radius 3 is 2.94 bits per heavy atom. The third kappa shape index (κ3) is 3.47. The van der Waals surface area contributed by atoms with E-state index in [1.165, 1.54) is 0 Å². The van der Waals surface area contributed by atoms with E-state index in [-0.39, 0.29) is 12.2 Å². The van der Waals surface area contributed by atoms with Crippen LogP contribution in [0.2, 0.25) is 0 Å². The summed E-state index contributed by atoms with van der Waals surface area (Å²) in [6, 6.07) is 7.89. The van der Waals surface area contributed by atoms with Crippen molar-refractivity contribution in [2.45, 2.75) is 45.0 Å². The number of ether oxygens (including phenoxy) is 2. The van der Waals surface area contributed by atoms with Gasteiger partial charge < -0.3 is 14.6 Å². The lowest BCUT2D eigenvalue weighted by Crippen LogP contribution is -2.37. The average molecular weight is 250 g/mol. The highest BCUT2D eigenvalue weighted by molar-refractivity contribution is 5.28. The Balaban J connectivity index is 2.01. The van der Waals surface area contributed by atoms with Gasteiger partial charge in [0.15, 0.2) is 0 Å². The van der Waals surface area contributed by atoms with Crippen LogP contribution < -0.4 is 4.74 Å². The molecular formula is C15H22O3. The first-order chi connectivity index (χ1) is 8.69. The largest absolute Gasteiger partial charge is 0.488 e. The number of aliphatic hydroxyl groups is 1. The normalized spacial score (nSPS) is 28.1. The summed E-state index contributed by atoms with van der Waals surface area (Å²) in [5.41, 5.74) is 1.09. The second kappa shape index (κ2) is 6.21. The first-order valence-corrected chi connectivity index (χ1v) is 6.61. The van der Waals surface area contributed by atoms with E-state index in [9.17, 15) is 5.11 Å². The van der Waals surface area contributed by atoms with E-state index in [2.05, 4.69) is 6.92 Å². The topological polar surface area (TPSA) is 38.7 Å². The Labute approximate surface area is 109 Å². The third-order valence-electron chi connectivity index (χ3n) is 3.52. The third-order valence-corrected chi connectivity index (χ3v) is 3.52. The van der Waals surface area contributed by atoms with Crippen molar-refractivity contribution in [3.8, 4) is 5.75 Å². The quantitative estimate of drug-likeness (QED) is 0.893. The molecule has 1 N–H and O–H groups in total. The number of hydrogen-bond acceptors (Lipinski definition) is 3. The molecule has 0 spiro atoms. The van der Waals surface area contributed by atoms with Crippen LogP contribution in [0, 0.1) is 5.92 Å². The van der Waals surface area contributed by atoms with Crippen molar-refractivity contribution in [2.24, 2.45) is 5.92 Å². The number of benzene rings is 1. The molecule has 0 amide bonds. The molecule has 3 atom stereocenters. The molecule has 1 saturated carbocycles. The van der Waals surface area contributed by atoms with Crippen molar-refractivity contribution in [3.05, 3.63) is 29.8 Å². The molecule has 3 heteroatoms. The van der Waals surface area contributed by atoms with Gasteiger partial charge in [-0.15, -0.1) is 0 Å². The fraction of sp³-hybridized carbons (Fsp3) is 0.600. The maximum absolute atomic E-state index is 9.97. The molecule has 100 valence electrons. The summed E-state index contributed by atoms with van der Waals surface area (Å²) in [5, 5.41) is 9.97. The summed E-state index contributed by atoms with van der Waals surface area (Å²) >= 11 is 0. The van der Waals surface area contributed by atoms with Crippen LogP contribution in [-0.2, 0) is 11.3 Å². The highest BCUT2D eigenvalue weighted by atomic mass is 16.5. The lowest BCUT2D eigenvalue weighted by molar-refractivity contribution is -0.00766.